The second-order valence-corrected chi connectivity index (χ2v) is 7.11. The van der Waals surface area contributed by atoms with Crippen molar-refractivity contribution < 1.29 is 27.8 Å². The largest absolute Gasteiger partial charge is 0.481 e. The van der Waals surface area contributed by atoms with Crippen molar-refractivity contribution in [3.63, 3.8) is 0 Å². The van der Waals surface area contributed by atoms with Crippen LogP contribution in [0.25, 0.3) is 11.1 Å². The second-order valence-electron chi connectivity index (χ2n) is 7.11. The molecule has 1 heterocycles. The van der Waals surface area contributed by atoms with Gasteiger partial charge in [0.25, 0.3) is 0 Å². The number of carboxylic acid groups (broad SMARTS) is 1. The predicted octanol–water partition coefficient (Wildman–Crippen LogP) is 6.03. The van der Waals surface area contributed by atoms with Gasteiger partial charge in [0.15, 0.2) is 12.3 Å². The molecule has 0 amide bonds. The highest BCUT2D eigenvalue weighted by Crippen LogP contribution is 2.40. The lowest BCUT2D eigenvalue weighted by Crippen LogP contribution is -2.05. The van der Waals surface area contributed by atoms with E-state index in [-0.39, 0.29) is 17.5 Å². The minimum absolute atomic E-state index is 0.0443. The molecule has 0 aliphatic heterocycles. The van der Waals surface area contributed by atoms with Crippen LogP contribution in [0.1, 0.15) is 41.9 Å². The molecule has 162 valence electrons. The Morgan fingerprint density at radius 2 is 1.81 bits per heavy atom. The fourth-order valence-corrected chi connectivity index (χ4v) is 3.32. The summed E-state index contributed by atoms with van der Waals surface area (Å²) in [6.45, 7) is 0. The van der Waals surface area contributed by atoms with Crippen molar-refractivity contribution in [2.75, 3.05) is 7.11 Å². The smallest absolute Gasteiger partial charge is 0.303 e. The number of ether oxygens (including phenoxy) is 1. The van der Waals surface area contributed by atoms with Crippen LogP contribution in [0.3, 0.4) is 0 Å². The van der Waals surface area contributed by atoms with Crippen molar-refractivity contribution in [2.45, 2.75) is 31.6 Å². The lowest BCUT2D eigenvalue weighted by molar-refractivity contribution is -0.137. The van der Waals surface area contributed by atoms with Gasteiger partial charge in [-0.05, 0) is 47.7 Å². The number of benzene rings is 2. The number of carbonyl (C=O) groups is 1. The number of rotatable bonds is 9. The van der Waals surface area contributed by atoms with Crippen LogP contribution in [0.5, 0.6) is 5.88 Å². The summed E-state index contributed by atoms with van der Waals surface area (Å²) >= 11 is 0. The van der Waals surface area contributed by atoms with Gasteiger partial charge in [-0.15, -0.1) is 0 Å². The Bertz CT molecular complexity index is 1020. The Morgan fingerprint density at radius 3 is 2.42 bits per heavy atom. The molecule has 7 heteroatoms. The third-order valence-electron chi connectivity index (χ3n) is 4.98. The summed E-state index contributed by atoms with van der Waals surface area (Å²) in [6.07, 6.45) is -1.60. The van der Waals surface area contributed by atoms with E-state index in [4.69, 9.17) is 9.84 Å². The fourth-order valence-electron chi connectivity index (χ4n) is 3.32. The van der Waals surface area contributed by atoms with E-state index in [1.54, 1.807) is 24.3 Å². The average molecular weight is 429 g/mol. The van der Waals surface area contributed by atoms with Crippen LogP contribution in [0.15, 0.2) is 60.8 Å². The van der Waals surface area contributed by atoms with Crippen LogP contribution in [0.2, 0.25) is 0 Å². The monoisotopic (exact) mass is 429 g/mol. The number of aliphatic carboxylic acids is 1. The second kappa shape index (κ2) is 10.1. The van der Waals surface area contributed by atoms with Crippen LogP contribution in [0.4, 0.5) is 13.2 Å². The molecule has 3 rings (SSSR count). The number of aryl methyl sites for hydroxylation is 1. The van der Waals surface area contributed by atoms with Crippen molar-refractivity contribution >= 4 is 5.97 Å². The molecule has 2 atom stereocenters. The zero-order valence-electron chi connectivity index (χ0n) is 16.9. The standard InChI is InChI=1S/C24H22F3NO3/c1-31-21-12-9-17(14-28-21)19-11-10-18(25)13-20(19)24(27)23(26)16-7-5-15(6-8-16)3-2-4-22(29)30/h5-14,23-24H,2-4H2,1H3,(H,29,30). The van der Waals surface area contributed by atoms with Gasteiger partial charge in [0.2, 0.25) is 5.88 Å². The van der Waals surface area contributed by atoms with Gasteiger partial charge in [-0.25, -0.2) is 18.2 Å². The Labute approximate surface area is 178 Å². The van der Waals surface area contributed by atoms with E-state index in [1.807, 2.05) is 0 Å². The summed E-state index contributed by atoms with van der Waals surface area (Å²) in [4.78, 5) is 14.7. The topological polar surface area (TPSA) is 59.4 Å². The first-order valence-electron chi connectivity index (χ1n) is 9.77. The predicted molar refractivity (Wildman–Crippen MR) is 111 cm³/mol. The molecule has 0 aliphatic rings. The van der Waals surface area contributed by atoms with Crippen molar-refractivity contribution in [3.05, 3.63) is 83.3 Å². The number of carboxylic acids is 1. The van der Waals surface area contributed by atoms with Crippen LogP contribution in [0, 0.1) is 5.82 Å². The maximum atomic E-state index is 15.2. The minimum Gasteiger partial charge on any atom is -0.481 e. The van der Waals surface area contributed by atoms with Crippen LogP contribution in [-0.4, -0.2) is 23.2 Å². The first-order chi connectivity index (χ1) is 14.9. The lowest BCUT2D eigenvalue weighted by atomic mass is 9.93. The van der Waals surface area contributed by atoms with Gasteiger partial charge >= 0.3 is 5.97 Å². The van der Waals surface area contributed by atoms with Crippen molar-refractivity contribution in [2.24, 2.45) is 0 Å². The van der Waals surface area contributed by atoms with Crippen LogP contribution >= 0.6 is 0 Å². The van der Waals surface area contributed by atoms with Gasteiger partial charge in [0, 0.05) is 29.8 Å². The number of aromatic nitrogens is 1. The summed E-state index contributed by atoms with van der Waals surface area (Å²) in [7, 11) is 1.47. The van der Waals surface area contributed by atoms with Gasteiger partial charge < -0.3 is 9.84 Å². The van der Waals surface area contributed by atoms with E-state index in [0.29, 0.717) is 29.8 Å². The molecule has 1 N–H and O–H groups in total. The molecule has 1 aromatic heterocycles. The van der Waals surface area contributed by atoms with Gasteiger partial charge in [-0.2, -0.15) is 0 Å². The van der Waals surface area contributed by atoms with E-state index >= 15 is 8.78 Å². The molecule has 0 aliphatic carbocycles. The molecule has 0 spiro atoms. The van der Waals surface area contributed by atoms with Gasteiger partial charge in [-0.1, -0.05) is 30.3 Å². The molecule has 31 heavy (non-hydrogen) atoms. The van der Waals surface area contributed by atoms with E-state index < -0.39 is 24.1 Å². The summed E-state index contributed by atoms with van der Waals surface area (Å²) in [5.74, 6) is -1.17. The third kappa shape index (κ3) is 5.63. The van der Waals surface area contributed by atoms with Gasteiger partial charge in [0.05, 0.1) is 7.11 Å². The van der Waals surface area contributed by atoms with E-state index in [2.05, 4.69) is 4.98 Å². The summed E-state index contributed by atoms with van der Waals surface area (Å²) in [5.41, 5.74) is 1.71. The minimum atomic E-state index is -2.09. The molecule has 2 aromatic carbocycles. The Morgan fingerprint density at radius 1 is 1.06 bits per heavy atom. The van der Waals surface area contributed by atoms with E-state index in [9.17, 15) is 9.18 Å². The molecular formula is C24H22F3NO3. The van der Waals surface area contributed by atoms with Crippen molar-refractivity contribution in [1.82, 2.24) is 4.98 Å². The molecule has 0 fully saturated rings. The Balaban J connectivity index is 1.82. The molecule has 4 nitrogen and oxygen atoms in total. The normalized spacial score (nSPS) is 12.9. The highest BCUT2D eigenvalue weighted by molar-refractivity contribution is 5.68. The molecular weight excluding hydrogens is 407 g/mol. The van der Waals surface area contributed by atoms with Crippen LogP contribution in [-0.2, 0) is 11.2 Å². The fraction of sp³-hybridized carbons (Fsp3) is 0.250. The number of hydrogen-bond donors (Lipinski definition) is 1. The van der Waals surface area contributed by atoms with Gasteiger partial charge in [-0.3, -0.25) is 4.79 Å². The Kier molecular flexibility index (Phi) is 7.28. The number of nitrogens with zero attached hydrogens (tertiary/aromatic N) is 1. The lowest BCUT2D eigenvalue weighted by Gasteiger charge is -2.18. The molecule has 0 saturated carbocycles. The summed E-state index contributed by atoms with van der Waals surface area (Å²) in [6, 6.07) is 13.1. The summed E-state index contributed by atoms with van der Waals surface area (Å²) in [5, 5.41) is 8.70. The molecule has 0 bridgehead atoms. The number of pyridine rings is 1. The molecule has 0 saturated heterocycles. The quantitative estimate of drug-likeness (QED) is 0.452. The SMILES string of the molecule is COc1ccc(-c2ccc(F)cc2C(F)C(F)c2ccc(CCCC(=O)O)cc2)cn1. The Hall–Kier alpha value is -3.35. The first-order valence-corrected chi connectivity index (χ1v) is 9.77. The first kappa shape index (κ1) is 22.3. The van der Waals surface area contributed by atoms with E-state index in [1.165, 1.54) is 37.6 Å². The third-order valence-corrected chi connectivity index (χ3v) is 4.98. The number of alkyl halides is 2. The summed E-state index contributed by atoms with van der Waals surface area (Å²) < 4.78 is 49.1. The maximum Gasteiger partial charge on any atom is 0.303 e. The van der Waals surface area contributed by atoms with E-state index in [0.717, 1.165) is 11.6 Å². The van der Waals surface area contributed by atoms with Crippen LogP contribution < -0.4 is 4.74 Å². The van der Waals surface area contributed by atoms with Crippen molar-refractivity contribution in [3.8, 4) is 17.0 Å². The maximum absolute atomic E-state index is 15.2. The number of halogens is 3. The number of methoxy groups -OCH3 is 1. The van der Waals surface area contributed by atoms with Gasteiger partial charge in [0.1, 0.15) is 5.82 Å². The molecule has 0 radical (unpaired) electrons. The average Bonchev–Trinajstić information content (AvgIpc) is 2.78. The number of hydrogen-bond acceptors (Lipinski definition) is 3. The highest BCUT2D eigenvalue weighted by atomic mass is 19.2. The molecule has 3 aromatic rings. The zero-order chi connectivity index (χ0) is 22.4. The zero-order valence-corrected chi connectivity index (χ0v) is 16.9. The highest BCUT2D eigenvalue weighted by Gasteiger charge is 2.27. The van der Waals surface area contributed by atoms with Crippen molar-refractivity contribution in [1.29, 1.82) is 0 Å². The molecule has 2 unspecified atom stereocenters.